The Morgan fingerprint density at radius 2 is 2.07 bits per heavy atom. The Hall–Kier alpha value is 0.420. The van der Waals surface area contributed by atoms with Crippen LogP contribution in [0.5, 0.6) is 0 Å². The second-order valence-electron chi connectivity index (χ2n) is 2.84. The molecule has 0 aromatic rings. The molecule has 86 valence electrons. The van der Waals surface area contributed by atoms with Crippen molar-refractivity contribution in [2.45, 2.75) is 26.2 Å². The Morgan fingerprint density at radius 3 is 2.64 bits per heavy atom. The topological polar surface area (TPSA) is 78.8 Å². The van der Waals surface area contributed by atoms with Crippen molar-refractivity contribution < 1.29 is 18.3 Å². The van der Waals surface area contributed by atoms with Gasteiger partial charge in [0, 0.05) is 24.3 Å². The molecular formula is C7H18NO4PS. The maximum Gasteiger partial charge on any atom is 0.480 e. The number of hydrogen-bond donors (Lipinski definition) is 3. The van der Waals surface area contributed by atoms with E-state index >= 15 is 0 Å². The van der Waals surface area contributed by atoms with Crippen molar-refractivity contribution >= 4 is 19.9 Å². The highest BCUT2D eigenvalue weighted by Gasteiger charge is 2.13. The Labute approximate surface area is 89.1 Å². The average molecular weight is 243 g/mol. The molecule has 3 N–H and O–H groups in total. The summed E-state index contributed by atoms with van der Waals surface area (Å²) in [4.78, 5) is 16.7. The lowest BCUT2D eigenvalue weighted by molar-refractivity contribution is 0.298. The van der Waals surface area contributed by atoms with Gasteiger partial charge in [-0.3, -0.25) is 0 Å². The highest BCUT2D eigenvalue weighted by Crippen LogP contribution is 2.40. The molecule has 0 amide bonds. The van der Waals surface area contributed by atoms with E-state index in [1.807, 2.05) is 0 Å². The molecular weight excluding hydrogens is 225 g/mol. The predicted octanol–water partition coefficient (Wildman–Crippen LogP) is 1.52. The van der Waals surface area contributed by atoms with Crippen molar-refractivity contribution in [2.24, 2.45) is 0 Å². The first kappa shape index (κ1) is 14.4. The Bertz CT molecular complexity index is 175. The van der Waals surface area contributed by atoms with E-state index in [-0.39, 0.29) is 0 Å². The fourth-order valence-electron chi connectivity index (χ4n) is 0.845. The molecule has 0 saturated carbocycles. The van der Waals surface area contributed by atoms with Crippen molar-refractivity contribution in [3.63, 3.8) is 0 Å². The highest BCUT2D eigenvalue weighted by atomic mass is 32.2. The number of phosphoric acid groups is 1. The smallest absolute Gasteiger partial charge is 0.316 e. The molecule has 0 bridgehead atoms. The maximum atomic E-state index is 10.2. The van der Waals surface area contributed by atoms with Crippen LogP contribution >= 0.6 is 19.9 Å². The standard InChI is InChI=1S/C7H18NO4PS/c1-2-3-4-5-8-6-7-14-12-13(9,10)11/h8H,2-7H2,1H3,(H2,9,10,11). The van der Waals surface area contributed by atoms with Gasteiger partial charge in [-0.05, 0) is 13.0 Å². The predicted molar refractivity (Wildman–Crippen MR) is 58.0 cm³/mol. The molecule has 0 aliphatic heterocycles. The third-order valence-corrected chi connectivity index (χ3v) is 3.04. The molecule has 0 spiro atoms. The summed E-state index contributed by atoms with van der Waals surface area (Å²) in [5, 5.41) is 3.15. The van der Waals surface area contributed by atoms with Crippen molar-refractivity contribution in [1.82, 2.24) is 5.32 Å². The first-order valence-electron chi connectivity index (χ1n) is 4.63. The molecule has 0 fully saturated rings. The molecule has 0 saturated heterocycles. The molecule has 0 atom stereocenters. The van der Waals surface area contributed by atoms with E-state index in [2.05, 4.69) is 16.2 Å². The summed E-state index contributed by atoms with van der Waals surface area (Å²) in [6, 6.07) is 0. The fourth-order valence-corrected chi connectivity index (χ4v) is 1.92. The summed E-state index contributed by atoms with van der Waals surface area (Å²) < 4.78 is 14.4. The molecule has 0 aromatic carbocycles. The van der Waals surface area contributed by atoms with Gasteiger partial charge in [0.05, 0.1) is 0 Å². The lowest BCUT2D eigenvalue weighted by Gasteiger charge is -2.04. The third-order valence-electron chi connectivity index (χ3n) is 1.47. The zero-order chi connectivity index (χ0) is 10.9. The van der Waals surface area contributed by atoms with Gasteiger partial charge in [-0.15, -0.1) is 0 Å². The van der Waals surface area contributed by atoms with E-state index in [1.54, 1.807) is 0 Å². The molecule has 5 nitrogen and oxygen atoms in total. The minimum Gasteiger partial charge on any atom is -0.316 e. The van der Waals surface area contributed by atoms with Crippen LogP contribution in [-0.4, -0.2) is 28.6 Å². The van der Waals surface area contributed by atoms with E-state index in [4.69, 9.17) is 9.79 Å². The van der Waals surface area contributed by atoms with Gasteiger partial charge < -0.3 is 15.1 Å². The molecule has 14 heavy (non-hydrogen) atoms. The molecule has 0 heterocycles. The first-order valence-corrected chi connectivity index (χ1v) is 7.08. The molecule has 0 aliphatic rings. The second-order valence-corrected chi connectivity index (χ2v) is 5.07. The average Bonchev–Trinajstić information content (AvgIpc) is 2.08. The summed E-state index contributed by atoms with van der Waals surface area (Å²) in [7, 11) is -4.30. The summed E-state index contributed by atoms with van der Waals surface area (Å²) in [6.45, 7) is 3.79. The number of hydrogen-bond acceptors (Lipinski definition) is 4. The maximum absolute atomic E-state index is 10.2. The highest BCUT2D eigenvalue weighted by molar-refractivity contribution is 7.97. The van der Waals surface area contributed by atoms with Crippen LogP contribution in [0.2, 0.25) is 0 Å². The summed E-state index contributed by atoms with van der Waals surface area (Å²) in [6.07, 6.45) is 3.54. The third kappa shape index (κ3) is 12.4. The number of nitrogens with one attached hydrogen (secondary N) is 1. The van der Waals surface area contributed by atoms with Crippen molar-refractivity contribution in [3.8, 4) is 0 Å². The Kier molecular flexibility index (Phi) is 8.97. The molecule has 0 radical (unpaired) electrons. The number of rotatable bonds is 9. The van der Waals surface area contributed by atoms with Gasteiger partial charge in [-0.1, -0.05) is 19.8 Å². The van der Waals surface area contributed by atoms with Crippen LogP contribution < -0.4 is 5.32 Å². The van der Waals surface area contributed by atoms with E-state index in [0.717, 1.165) is 25.0 Å². The molecule has 0 unspecified atom stereocenters. The SMILES string of the molecule is CCCCCNCCSOP(=O)(O)O. The van der Waals surface area contributed by atoms with Gasteiger partial charge in [-0.25, -0.2) is 8.54 Å². The molecule has 0 aromatic heterocycles. The van der Waals surface area contributed by atoms with Crippen molar-refractivity contribution in [1.29, 1.82) is 0 Å². The van der Waals surface area contributed by atoms with Crippen LogP contribution in [0.25, 0.3) is 0 Å². The van der Waals surface area contributed by atoms with E-state index in [1.165, 1.54) is 12.8 Å². The lowest BCUT2D eigenvalue weighted by atomic mass is 10.2. The molecule has 7 heteroatoms. The van der Waals surface area contributed by atoms with E-state index < -0.39 is 7.82 Å². The van der Waals surface area contributed by atoms with Crippen LogP contribution in [0, 0.1) is 0 Å². The molecule has 0 rings (SSSR count). The fraction of sp³-hybridized carbons (Fsp3) is 1.00. The van der Waals surface area contributed by atoms with Crippen molar-refractivity contribution in [2.75, 3.05) is 18.8 Å². The van der Waals surface area contributed by atoms with E-state index in [0.29, 0.717) is 12.3 Å². The zero-order valence-corrected chi connectivity index (χ0v) is 10.0. The van der Waals surface area contributed by atoms with Crippen molar-refractivity contribution in [3.05, 3.63) is 0 Å². The summed E-state index contributed by atoms with van der Waals surface area (Å²) in [5.41, 5.74) is 0. The normalized spacial score (nSPS) is 11.9. The quantitative estimate of drug-likeness (QED) is 0.324. The largest absolute Gasteiger partial charge is 0.480 e. The van der Waals surface area contributed by atoms with Crippen LogP contribution in [0.4, 0.5) is 0 Å². The van der Waals surface area contributed by atoms with E-state index in [9.17, 15) is 4.57 Å². The van der Waals surface area contributed by atoms with Gasteiger partial charge in [0.15, 0.2) is 0 Å². The lowest BCUT2D eigenvalue weighted by Crippen LogP contribution is -2.18. The van der Waals surface area contributed by atoms with Gasteiger partial charge >= 0.3 is 7.82 Å². The van der Waals surface area contributed by atoms with Gasteiger partial charge in [-0.2, -0.15) is 0 Å². The minimum absolute atomic E-state index is 0.539. The van der Waals surface area contributed by atoms with Crippen LogP contribution in [0.15, 0.2) is 0 Å². The first-order chi connectivity index (χ1) is 6.56. The minimum atomic E-state index is -4.30. The van der Waals surface area contributed by atoms with Crippen LogP contribution in [0.1, 0.15) is 26.2 Å². The van der Waals surface area contributed by atoms with Gasteiger partial charge in [0.25, 0.3) is 0 Å². The Balaban J connectivity index is 3.03. The van der Waals surface area contributed by atoms with Gasteiger partial charge in [0.1, 0.15) is 0 Å². The monoisotopic (exact) mass is 243 g/mol. The second kappa shape index (κ2) is 8.71. The van der Waals surface area contributed by atoms with Crippen LogP contribution in [0.3, 0.4) is 0 Å². The zero-order valence-electron chi connectivity index (χ0n) is 8.31. The van der Waals surface area contributed by atoms with Crippen LogP contribution in [-0.2, 0) is 8.54 Å². The Morgan fingerprint density at radius 1 is 1.36 bits per heavy atom. The van der Waals surface area contributed by atoms with Gasteiger partial charge in [0.2, 0.25) is 0 Å². The molecule has 0 aliphatic carbocycles. The summed E-state index contributed by atoms with van der Waals surface area (Å²) in [5.74, 6) is 0.539. The number of unbranched alkanes of at least 4 members (excludes halogenated alkanes) is 2. The summed E-state index contributed by atoms with van der Waals surface area (Å²) >= 11 is 0.798.